The fourth-order valence-corrected chi connectivity index (χ4v) is 3.39. The van der Waals surface area contributed by atoms with E-state index >= 15 is 0 Å². The summed E-state index contributed by atoms with van der Waals surface area (Å²) in [6.07, 6.45) is 3.39. The van der Waals surface area contributed by atoms with Crippen molar-refractivity contribution in [3.63, 3.8) is 0 Å². The van der Waals surface area contributed by atoms with E-state index in [0.717, 1.165) is 30.6 Å². The van der Waals surface area contributed by atoms with Crippen LogP contribution < -0.4 is 5.73 Å². The number of amides is 1. The number of aliphatic hydroxyl groups excluding tert-OH is 1. The Hall–Kier alpha value is -1.07. The maximum atomic E-state index is 12.3. The van der Waals surface area contributed by atoms with Crippen molar-refractivity contribution in [3.8, 4) is 0 Å². The van der Waals surface area contributed by atoms with E-state index in [-0.39, 0.29) is 11.9 Å². The van der Waals surface area contributed by atoms with E-state index in [1.54, 1.807) is 18.0 Å². The molecule has 1 fully saturated rings. The molecule has 0 bridgehead atoms. The lowest BCUT2D eigenvalue weighted by molar-refractivity contribution is 0.0271. The second-order valence-corrected chi connectivity index (χ2v) is 6.21. The van der Waals surface area contributed by atoms with Crippen molar-refractivity contribution < 1.29 is 9.90 Å². The summed E-state index contributed by atoms with van der Waals surface area (Å²) in [5.41, 5.74) is 6.44. The molecule has 1 heterocycles. The lowest BCUT2D eigenvalue weighted by Crippen LogP contribution is -2.46. The molecule has 3 N–H and O–H groups in total. The van der Waals surface area contributed by atoms with Crippen LogP contribution >= 0.6 is 11.3 Å². The van der Waals surface area contributed by atoms with Gasteiger partial charge in [0, 0.05) is 17.6 Å². The quantitative estimate of drug-likeness (QED) is 0.862. The number of anilines is 1. The van der Waals surface area contributed by atoms with Gasteiger partial charge in [-0.1, -0.05) is 12.8 Å². The smallest absolute Gasteiger partial charge is 0.264 e. The SMILES string of the molecule is Cc1sc(C(=O)N(C)C2CCCCC2O)cc1N. The van der Waals surface area contributed by atoms with Gasteiger partial charge in [-0.05, 0) is 25.8 Å². The van der Waals surface area contributed by atoms with Crippen molar-refractivity contribution in [1.29, 1.82) is 0 Å². The number of hydrogen-bond acceptors (Lipinski definition) is 4. The van der Waals surface area contributed by atoms with Gasteiger partial charge in [-0.3, -0.25) is 4.79 Å². The number of carbonyl (C=O) groups is 1. The van der Waals surface area contributed by atoms with Crippen molar-refractivity contribution in [1.82, 2.24) is 4.90 Å². The predicted octanol–water partition coefficient (Wildman–Crippen LogP) is 2.01. The molecule has 4 nitrogen and oxygen atoms in total. The molecule has 1 saturated carbocycles. The number of hydrogen-bond donors (Lipinski definition) is 2. The van der Waals surface area contributed by atoms with Gasteiger partial charge >= 0.3 is 0 Å². The third-order valence-electron chi connectivity index (χ3n) is 3.68. The largest absolute Gasteiger partial charge is 0.398 e. The van der Waals surface area contributed by atoms with Crippen molar-refractivity contribution >= 4 is 22.9 Å². The zero-order chi connectivity index (χ0) is 13.3. The Morgan fingerprint density at radius 1 is 1.50 bits per heavy atom. The molecule has 100 valence electrons. The van der Waals surface area contributed by atoms with E-state index in [0.29, 0.717) is 10.6 Å². The van der Waals surface area contributed by atoms with Crippen LogP contribution in [0, 0.1) is 6.92 Å². The summed E-state index contributed by atoms with van der Waals surface area (Å²) in [6, 6.07) is 1.67. The van der Waals surface area contributed by atoms with Gasteiger partial charge in [0.2, 0.25) is 0 Å². The molecule has 1 amide bonds. The first-order chi connectivity index (χ1) is 8.50. The van der Waals surface area contributed by atoms with Crippen molar-refractivity contribution in [2.45, 2.75) is 44.8 Å². The minimum Gasteiger partial charge on any atom is -0.398 e. The normalized spacial score (nSPS) is 23.9. The molecule has 2 unspecified atom stereocenters. The predicted molar refractivity (Wildman–Crippen MR) is 73.8 cm³/mol. The number of thiophene rings is 1. The van der Waals surface area contributed by atoms with E-state index in [1.807, 2.05) is 6.92 Å². The van der Waals surface area contributed by atoms with Crippen molar-refractivity contribution in [2.24, 2.45) is 0 Å². The summed E-state index contributed by atoms with van der Waals surface area (Å²) < 4.78 is 0. The summed E-state index contributed by atoms with van der Waals surface area (Å²) in [5.74, 6) is -0.0363. The number of likely N-dealkylation sites (N-methyl/N-ethyl adjacent to an activating group) is 1. The lowest BCUT2D eigenvalue weighted by atomic mass is 9.91. The van der Waals surface area contributed by atoms with Crippen LogP contribution in [-0.4, -0.2) is 35.1 Å². The molecular formula is C13H20N2O2S. The average Bonchev–Trinajstić information content (AvgIpc) is 2.68. The van der Waals surface area contributed by atoms with E-state index in [9.17, 15) is 9.90 Å². The van der Waals surface area contributed by atoms with Gasteiger partial charge in [-0.2, -0.15) is 0 Å². The molecule has 1 aliphatic rings. The van der Waals surface area contributed by atoms with Crippen molar-refractivity contribution in [2.75, 3.05) is 12.8 Å². The molecule has 0 spiro atoms. The monoisotopic (exact) mass is 268 g/mol. The highest BCUT2D eigenvalue weighted by Gasteiger charge is 2.30. The number of carbonyl (C=O) groups excluding carboxylic acids is 1. The number of rotatable bonds is 2. The van der Waals surface area contributed by atoms with E-state index in [4.69, 9.17) is 5.73 Å². The van der Waals surface area contributed by atoms with Crippen LogP contribution in [0.5, 0.6) is 0 Å². The second-order valence-electron chi connectivity index (χ2n) is 4.96. The fraction of sp³-hybridized carbons (Fsp3) is 0.615. The highest BCUT2D eigenvalue weighted by molar-refractivity contribution is 7.14. The third kappa shape index (κ3) is 2.52. The standard InChI is InChI=1S/C13H20N2O2S/c1-8-9(14)7-12(18-8)13(17)15(2)10-5-3-4-6-11(10)16/h7,10-11,16H,3-6,14H2,1-2H3. The molecule has 0 radical (unpaired) electrons. The van der Waals surface area contributed by atoms with Gasteiger partial charge in [-0.25, -0.2) is 0 Å². The highest BCUT2D eigenvalue weighted by Crippen LogP contribution is 2.28. The Bertz CT molecular complexity index is 425. The van der Waals surface area contributed by atoms with Crippen LogP contribution in [0.4, 0.5) is 5.69 Å². The molecule has 0 aliphatic heterocycles. The number of nitrogens with zero attached hydrogens (tertiary/aromatic N) is 1. The summed E-state index contributed by atoms with van der Waals surface area (Å²) in [5, 5.41) is 9.98. The second kappa shape index (κ2) is 5.28. The molecule has 0 aromatic carbocycles. The van der Waals surface area contributed by atoms with Crippen LogP contribution in [0.25, 0.3) is 0 Å². The fourth-order valence-electron chi connectivity index (χ4n) is 2.47. The zero-order valence-electron chi connectivity index (χ0n) is 10.8. The van der Waals surface area contributed by atoms with Crippen LogP contribution in [0.15, 0.2) is 6.07 Å². The minimum absolute atomic E-state index is 0.0363. The molecule has 5 heteroatoms. The van der Waals surface area contributed by atoms with Gasteiger partial charge < -0.3 is 15.7 Å². The number of nitrogen functional groups attached to an aromatic ring is 1. The van der Waals surface area contributed by atoms with E-state index in [2.05, 4.69) is 0 Å². The minimum atomic E-state index is -0.397. The Labute approximate surface area is 111 Å². The first kappa shape index (κ1) is 13.4. The van der Waals surface area contributed by atoms with Gasteiger partial charge in [0.1, 0.15) is 0 Å². The van der Waals surface area contributed by atoms with E-state index < -0.39 is 6.10 Å². The Kier molecular flexibility index (Phi) is 3.92. The molecule has 1 aliphatic carbocycles. The van der Waals surface area contributed by atoms with Gasteiger partial charge in [0.25, 0.3) is 5.91 Å². The summed E-state index contributed by atoms with van der Waals surface area (Å²) in [4.78, 5) is 15.6. The van der Waals surface area contributed by atoms with Gasteiger partial charge in [-0.15, -0.1) is 11.3 Å². The highest BCUT2D eigenvalue weighted by atomic mass is 32.1. The molecule has 2 rings (SSSR count). The maximum absolute atomic E-state index is 12.3. The topological polar surface area (TPSA) is 66.6 Å². The van der Waals surface area contributed by atoms with Crippen LogP contribution in [0.1, 0.15) is 40.2 Å². The molecule has 1 aromatic rings. The Morgan fingerprint density at radius 3 is 2.72 bits per heavy atom. The number of aryl methyl sites for hydroxylation is 1. The first-order valence-corrected chi connectivity index (χ1v) is 7.13. The van der Waals surface area contributed by atoms with Crippen LogP contribution in [0.3, 0.4) is 0 Å². The maximum Gasteiger partial charge on any atom is 0.264 e. The Morgan fingerprint density at radius 2 is 2.17 bits per heavy atom. The number of nitrogens with two attached hydrogens (primary N) is 1. The molecule has 18 heavy (non-hydrogen) atoms. The number of aliphatic hydroxyl groups is 1. The summed E-state index contributed by atoms with van der Waals surface area (Å²) in [6.45, 7) is 1.91. The lowest BCUT2D eigenvalue weighted by Gasteiger charge is -2.34. The van der Waals surface area contributed by atoms with Gasteiger partial charge in [0.15, 0.2) is 0 Å². The first-order valence-electron chi connectivity index (χ1n) is 6.32. The van der Waals surface area contributed by atoms with Crippen molar-refractivity contribution in [3.05, 3.63) is 15.8 Å². The van der Waals surface area contributed by atoms with Gasteiger partial charge in [0.05, 0.1) is 17.0 Å². The van der Waals surface area contributed by atoms with Crippen LogP contribution in [-0.2, 0) is 0 Å². The average molecular weight is 268 g/mol. The zero-order valence-corrected chi connectivity index (χ0v) is 11.7. The molecule has 0 saturated heterocycles. The van der Waals surface area contributed by atoms with Crippen LogP contribution in [0.2, 0.25) is 0 Å². The van der Waals surface area contributed by atoms with E-state index in [1.165, 1.54) is 11.3 Å². The summed E-state index contributed by atoms with van der Waals surface area (Å²) in [7, 11) is 1.77. The third-order valence-corrected chi connectivity index (χ3v) is 4.73. The summed E-state index contributed by atoms with van der Waals surface area (Å²) >= 11 is 1.42. The molecule has 1 aromatic heterocycles. The molecule has 2 atom stereocenters. The molecular weight excluding hydrogens is 248 g/mol. The Balaban J connectivity index is 2.12.